The van der Waals surface area contributed by atoms with Gasteiger partial charge in [0, 0.05) is 41.1 Å². The normalized spacial score (nSPS) is 14.6. The lowest BCUT2D eigenvalue weighted by atomic mass is 9.88. The Balaban J connectivity index is 1.97. The van der Waals surface area contributed by atoms with Crippen molar-refractivity contribution in [2.24, 2.45) is 0 Å². The molecule has 174 valence electrons. The lowest BCUT2D eigenvalue weighted by molar-refractivity contribution is 0.0697. The molecule has 34 heavy (non-hydrogen) atoms. The summed E-state index contributed by atoms with van der Waals surface area (Å²) in [7, 11) is 0. The van der Waals surface area contributed by atoms with E-state index in [-0.39, 0.29) is 23.0 Å². The minimum Gasteiger partial charge on any atom is -0.507 e. The van der Waals surface area contributed by atoms with Gasteiger partial charge in [0.15, 0.2) is 0 Å². The first-order valence-electron chi connectivity index (χ1n) is 11.1. The van der Waals surface area contributed by atoms with E-state index in [1.807, 2.05) is 4.57 Å². The van der Waals surface area contributed by atoms with Gasteiger partial charge in [-0.05, 0) is 67.3 Å². The number of benzene rings is 3. The molecule has 1 saturated heterocycles. The largest absolute Gasteiger partial charge is 0.507 e. The van der Waals surface area contributed by atoms with Crippen molar-refractivity contribution in [3.05, 3.63) is 82.3 Å². The zero-order valence-corrected chi connectivity index (χ0v) is 19.3. The number of hydrogen-bond acceptors (Lipinski definition) is 3. The molecule has 7 heteroatoms. The average molecular weight is 480 g/mol. The van der Waals surface area contributed by atoms with Crippen molar-refractivity contribution in [1.82, 2.24) is 4.57 Å². The molecule has 0 spiro atoms. The quantitative estimate of drug-likeness (QED) is 0.342. The minimum atomic E-state index is -1.06. The highest BCUT2D eigenvalue weighted by molar-refractivity contribution is 6.32. The number of fused-ring (bicyclic) bond motifs is 1. The van der Waals surface area contributed by atoms with Crippen LogP contribution >= 0.6 is 11.6 Å². The molecule has 5 nitrogen and oxygen atoms in total. The number of halogens is 2. The molecule has 1 fully saturated rings. The number of phenolic OH excluding ortho intramolecular Hbond substituents is 1. The Morgan fingerprint density at radius 3 is 2.56 bits per heavy atom. The maximum atomic E-state index is 14.2. The second kappa shape index (κ2) is 8.78. The van der Waals surface area contributed by atoms with Gasteiger partial charge in [0.25, 0.3) is 0 Å². The van der Waals surface area contributed by atoms with Gasteiger partial charge >= 0.3 is 5.97 Å². The molecule has 0 bridgehead atoms. The van der Waals surface area contributed by atoms with E-state index in [0.29, 0.717) is 51.5 Å². The first-order valence-corrected chi connectivity index (χ1v) is 11.5. The molecule has 2 N–H and O–H groups in total. The Morgan fingerprint density at radius 2 is 1.85 bits per heavy atom. The zero-order chi connectivity index (χ0) is 24.0. The van der Waals surface area contributed by atoms with Crippen molar-refractivity contribution in [3.8, 4) is 22.6 Å². The van der Waals surface area contributed by atoms with E-state index in [1.165, 1.54) is 12.1 Å². The molecular weight excluding hydrogens is 457 g/mol. The molecule has 0 aliphatic carbocycles. The minimum absolute atomic E-state index is 0.0292. The van der Waals surface area contributed by atoms with E-state index in [9.17, 15) is 19.4 Å². The standard InChI is InChI=1S/C27H23ClFNO4/c1-15-12-18(6-7-21(15)29)30-22-13-17(28)14-23(31)25(22)24(26(30)16-8-10-34-11-9-16)19-4-2-3-5-20(19)27(32)33/h2-7,12-14,16,31H,8-11H2,1H3,(H,32,33). The number of carbonyl (C=O) groups is 1. The Hall–Kier alpha value is -3.35. The monoisotopic (exact) mass is 479 g/mol. The van der Waals surface area contributed by atoms with Gasteiger partial charge in [-0.3, -0.25) is 0 Å². The van der Waals surface area contributed by atoms with Crippen LogP contribution in [0, 0.1) is 12.7 Å². The van der Waals surface area contributed by atoms with Crippen molar-refractivity contribution < 1.29 is 24.1 Å². The van der Waals surface area contributed by atoms with Gasteiger partial charge in [-0.25, -0.2) is 9.18 Å². The Morgan fingerprint density at radius 1 is 1.12 bits per heavy atom. The second-order valence-corrected chi connectivity index (χ2v) is 9.02. The zero-order valence-electron chi connectivity index (χ0n) is 18.5. The van der Waals surface area contributed by atoms with Crippen molar-refractivity contribution >= 4 is 28.5 Å². The number of aryl methyl sites for hydroxylation is 1. The molecule has 0 atom stereocenters. The summed E-state index contributed by atoms with van der Waals surface area (Å²) < 4.78 is 21.8. The third-order valence-electron chi connectivity index (χ3n) is 6.48. The van der Waals surface area contributed by atoms with Gasteiger partial charge in [-0.1, -0.05) is 29.8 Å². The van der Waals surface area contributed by atoms with Crippen LogP contribution in [-0.4, -0.2) is 34.0 Å². The molecule has 0 radical (unpaired) electrons. The highest BCUT2D eigenvalue weighted by Gasteiger charge is 2.31. The van der Waals surface area contributed by atoms with Crippen LogP contribution in [0.15, 0.2) is 54.6 Å². The summed E-state index contributed by atoms with van der Waals surface area (Å²) in [6.45, 7) is 2.84. The Bertz CT molecular complexity index is 1420. The summed E-state index contributed by atoms with van der Waals surface area (Å²) in [6, 6.07) is 14.9. The summed E-state index contributed by atoms with van der Waals surface area (Å²) in [6.07, 6.45) is 1.46. The fraction of sp³-hybridized carbons (Fsp3) is 0.222. The summed E-state index contributed by atoms with van der Waals surface area (Å²) >= 11 is 6.37. The number of carboxylic acid groups (broad SMARTS) is 1. The van der Waals surface area contributed by atoms with Crippen LogP contribution in [0.1, 0.15) is 40.4 Å². The van der Waals surface area contributed by atoms with E-state index in [2.05, 4.69) is 0 Å². The van der Waals surface area contributed by atoms with E-state index in [4.69, 9.17) is 16.3 Å². The first-order chi connectivity index (χ1) is 16.4. The van der Waals surface area contributed by atoms with E-state index in [1.54, 1.807) is 49.4 Å². The van der Waals surface area contributed by atoms with Crippen LogP contribution in [0.25, 0.3) is 27.7 Å². The van der Waals surface area contributed by atoms with Crippen LogP contribution < -0.4 is 0 Å². The highest BCUT2D eigenvalue weighted by atomic mass is 35.5. The van der Waals surface area contributed by atoms with Crippen LogP contribution in [0.4, 0.5) is 4.39 Å². The summed E-state index contributed by atoms with van der Waals surface area (Å²) in [5.74, 6) is -1.38. The molecule has 4 aromatic rings. The fourth-order valence-electron chi connectivity index (χ4n) is 4.94. The molecule has 1 aliphatic rings. The maximum absolute atomic E-state index is 14.2. The number of hydrogen-bond donors (Lipinski definition) is 2. The molecule has 1 aromatic heterocycles. The lowest BCUT2D eigenvalue weighted by Gasteiger charge is -2.26. The number of aromatic carboxylic acids is 1. The third kappa shape index (κ3) is 3.73. The number of phenols is 1. The van der Waals surface area contributed by atoms with Gasteiger partial charge in [-0.15, -0.1) is 0 Å². The number of ether oxygens (including phenoxy) is 1. The Kier molecular flexibility index (Phi) is 5.80. The molecule has 0 amide bonds. The van der Waals surface area contributed by atoms with Crippen molar-refractivity contribution in [2.45, 2.75) is 25.7 Å². The molecule has 1 aliphatic heterocycles. The Labute approximate surface area is 201 Å². The molecular formula is C27H23ClFNO4. The molecule has 0 saturated carbocycles. The van der Waals surface area contributed by atoms with Crippen molar-refractivity contribution in [1.29, 1.82) is 0 Å². The number of aromatic nitrogens is 1. The van der Waals surface area contributed by atoms with Gasteiger partial charge < -0.3 is 19.5 Å². The highest BCUT2D eigenvalue weighted by Crippen LogP contribution is 2.48. The van der Waals surface area contributed by atoms with Gasteiger partial charge in [-0.2, -0.15) is 0 Å². The lowest BCUT2D eigenvalue weighted by Crippen LogP contribution is -2.18. The van der Waals surface area contributed by atoms with Crippen LogP contribution in [0.2, 0.25) is 5.02 Å². The smallest absolute Gasteiger partial charge is 0.336 e. The predicted molar refractivity (Wildman–Crippen MR) is 130 cm³/mol. The van der Waals surface area contributed by atoms with Crippen molar-refractivity contribution in [2.75, 3.05) is 13.2 Å². The summed E-state index contributed by atoms with van der Waals surface area (Å²) in [4.78, 5) is 12.2. The topological polar surface area (TPSA) is 71.7 Å². The van der Waals surface area contributed by atoms with E-state index < -0.39 is 5.97 Å². The molecule has 0 unspecified atom stereocenters. The predicted octanol–water partition coefficient (Wildman–Crippen LogP) is 6.70. The fourth-order valence-corrected chi connectivity index (χ4v) is 5.15. The van der Waals surface area contributed by atoms with Crippen LogP contribution in [0.3, 0.4) is 0 Å². The average Bonchev–Trinajstić information content (AvgIpc) is 3.16. The summed E-state index contributed by atoms with van der Waals surface area (Å²) in [5.41, 5.74) is 3.98. The third-order valence-corrected chi connectivity index (χ3v) is 6.70. The number of carboxylic acids is 1. The second-order valence-electron chi connectivity index (χ2n) is 8.59. The van der Waals surface area contributed by atoms with Crippen LogP contribution in [0.5, 0.6) is 5.75 Å². The maximum Gasteiger partial charge on any atom is 0.336 e. The summed E-state index contributed by atoms with van der Waals surface area (Å²) in [5, 5.41) is 21.9. The first kappa shape index (κ1) is 22.4. The van der Waals surface area contributed by atoms with Crippen LogP contribution in [-0.2, 0) is 4.74 Å². The SMILES string of the molecule is Cc1cc(-n2c(C3CCOCC3)c(-c3ccccc3C(=O)O)c3c(O)cc(Cl)cc32)ccc1F. The van der Waals surface area contributed by atoms with Gasteiger partial charge in [0.2, 0.25) is 0 Å². The van der Waals surface area contributed by atoms with E-state index >= 15 is 0 Å². The molecule has 5 rings (SSSR count). The molecule has 2 heterocycles. The number of aromatic hydroxyl groups is 1. The van der Waals surface area contributed by atoms with Gasteiger partial charge in [0.05, 0.1) is 16.5 Å². The van der Waals surface area contributed by atoms with Crippen molar-refractivity contribution in [3.63, 3.8) is 0 Å². The van der Waals surface area contributed by atoms with E-state index in [0.717, 1.165) is 18.5 Å². The number of nitrogens with zero attached hydrogens (tertiary/aromatic N) is 1. The number of rotatable bonds is 4. The molecule has 3 aromatic carbocycles. The van der Waals surface area contributed by atoms with Gasteiger partial charge in [0.1, 0.15) is 11.6 Å².